The van der Waals surface area contributed by atoms with E-state index in [0.29, 0.717) is 13.0 Å². The lowest BCUT2D eigenvalue weighted by Crippen LogP contribution is -2.48. The van der Waals surface area contributed by atoms with Gasteiger partial charge in [-0.1, -0.05) is 11.6 Å². The Hall–Kier alpha value is -0.580. The molecule has 16 heavy (non-hydrogen) atoms. The standard InChI is InChI=1S/C11H17ClN2OS/c1-11(2,7-13)14-10(15)6-4-8-3-5-9(12)16-8/h3,5H,4,6-7,13H2,1-2H3,(H,14,15). The van der Waals surface area contributed by atoms with Gasteiger partial charge in [0.25, 0.3) is 0 Å². The number of nitrogens with two attached hydrogens (primary N) is 1. The molecule has 0 aliphatic rings. The average molecular weight is 261 g/mol. The fraction of sp³-hybridized carbons (Fsp3) is 0.545. The Kier molecular flexibility index (Phi) is 4.77. The van der Waals surface area contributed by atoms with Gasteiger partial charge in [0.15, 0.2) is 0 Å². The predicted molar refractivity (Wildman–Crippen MR) is 68.9 cm³/mol. The summed E-state index contributed by atoms with van der Waals surface area (Å²) in [4.78, 5) is 12.7. The molecule has 0 unspecified atom stereocenters. The van der Waals surface area contributed by atoms with Gasteiger partial charge in [-0.15, -0.1) is 11.3 Å². The van der Waals surface area contributed by atoms with Crippen molar-refractivity contribution in [3.8, 4) is 0 Å². The van der Waals surface area contributed by atoms with Crippen LogP contribution in [0.1, 0.15) is 25.1 Å². The second-order valence-electron chi connectivity index (χ2n) is 4.34. The number of carbonyl (C=O) groups is 1. The van der Waals surface area contributed by atoms with Gasteiger partial charge in [-0.2, -0.15) is 0 Å². The van der Waals surface area contributed by atoms with Gasteiger partial charge >= 0.3 is 0 Å². The number of hydrogen-bond acceptors (Lipinski definition) is 3. The van der Waals surface area contributed by atoms with Crippen molar-refractivity contribution < 1.29 is 4.79 Å². The van der Waals surface area contributed by atoms with Gasteiger partial charge in [0, 0.05) is 23.4 Å². The molecule has 0 bridgehead atoms. The minimum Gasteiger partial charge on any atom is -0.350 e. The molecule has 3 N–H and O–H groups in total. The van der Waals surface area contributed by atoms with E-state index in [9.17, 15) is 4.79 Å². The summed E-state index contributed by atoms with van der Waals surface area (Å²) in [6.07, 6.45) is 1.20. The van der Waals surface area contributed by atoms with Crippen LogP contribution in [0.4, 0.5) is 0 Å². The summed E-state index contributed by atoms with van der Waals surface area (Å²) in [5.41, 5.74) is 5.21. The number of thiophene rings is 1. The summed E-state index contributed by atoms with van der Waals surface area (Å²) in [7, 11) is 0. The lowest BCUT2D eigenvalue weighted by Gasteiger charge is -2.24. The molecule has 1 aromatic heterocycles. The van der Waals surface area contributed by atoms with E-state index in [2.05, 4.69) is 5.32 Å². The molecule has 1 rings (SSSR count). The smallest absolute Gasteiger partial charge is 0.220 e. The van der Waals surface area contributed by atoms with Crippen molar-refractivity contribution in [2.75, 3.05) is 6.54 Å². The van der Waals surface area contributed by atoms with Crippen molar-refractivity contribution in [3.05, 3.63) is 21.3 Å². The Labute approximate surface area is 105 Å². The summed E-state index contributed by atoms with van der Waals surface area (Å²) in [5, 5.41) is 2.89. The first-order chi connectivity index (χ1) is 7.43. The molecular weight excluding hydrogens is 244 g/mol. The number of halogens is 1. The molecular formula is C11H17ClN2OS. The summed E-state index contributed by atoms with van der Waals surface area (Å²) < 4.78 is 0.762. The minimum atomic E-state index is -0.329. The summed E-state index contributed by atoms with van der Waals surface area (Å²) >= 11 is 7.32. The molecule has 3 nitrogen and oxygen atoms in total. The number of rotatable bonds is 5. The van der Waals surface area contributed by atoms with Gasteiger partial charge in [-0.25, -0.2) is 0 Å². The van der Waals surface area contributed by atoms with Gasteiger partial charge in [0.05, 0.1) is 4.34 Å². The Bertz CT molecular complexity index is 363. The van der Waals surface area contributed by atoms with Crippen LogP contribution in [0, 0.1) is 0 Å². The highest BCUT2D eigenvalue weighted by atomic mass is 35.5. The maximum Gasteiger partial charge on any atom is 0.220 e. The van der Waals surface area contributed by atoms with Gasteiger partial charge in [-0.3, -0.25) is 4.79 Å². The molecule has 0 fully saturated rings. The monoisotopic (exact) mass is 260 g/mol. The van der Waals surface area contributed by atoms with Crippen molar-refractivity contribution in [2.24, 2.45) is 5.73 Å². The highest BCUT2D eigenvalue weighted by molar-refractivity contribution is 7.16. The molecule has 0 spiro atoms. The highest BCUT2D eigenvalue weighted by Gasteiger charge is 2.17. The molecule has 0 atom stereocenters. The fourth-order valence-electron chi connectivity index (χ4n) is 1.21. The van der Waals surface area contributed by atoms with Crippen molar-refractivity contribution in [3.63, 3.8) is 0 Å². The third kappa shape index (κ3) is 4.51. The van der Waals surface area contributed by atoms with Gasteiger partial charge < -0.3 is 11.1 Å². The van der Waals surface area contributed by atoms with Gasteiger partial charge in [0.1, 0.15) is 0 Å². The second kappa shape index (κ2) is 5.66. The van der Waals surface area contributed by atoms with Crippen LogP contribution in [0.3, 0.4) is 0 Å². The molecule has 0 saturated carbocycles. The molecule has 5 heteroatoms. The van der Waals surface area contributed by atoms with Crippen LogP contribution in [0.2, 0.25) is 4.34 Å². The molecule has 1 heterocycles. The lowest BCUT2D eigenvalue weighted by atomic mass is 10.1. The zero-order valence-electron chi connectivity index (χ0n) is 9.55. The van der Waals surface area contributed by atoms with E-state index in [1.54, 1.807) is 0 Å². The molecule has 0 aromatic carbocycles. The van der Waals surface area contributed by atoms with Crippen molar-refractivity contribution in [2.45, 2.75) is 32.2 Å². The quantitative estimate of drug-likeness (QED) is 0.853. The number of nitrogens with one attached hydrogen (secondary N) is 1. The lowest BCUT2D eigenvalue weighted by molar-refractivity contribution is -0.122. The van der Waals surface area contributed by atoms with Crippen molar-refractivity contribution >= 4 is 28.8 Å². The molecule has 90 valence electrons. The van der Waals surface area contributed by atoms with Crippen molar-refractivity contribution in [1.82, 2.24) is 5.32 Å². The number of amides is 1. The van der Waals surface area contributed by atoms with E-state index in [1.807, 2.05) is 26.0 Å². The molecule has 0 aliphatic heterocycles. The summed E-state index contributed by atoms with van der Waals surface area (Å²) in [5.74, 6) is 0.0278. The van der Waals surface area contributed by atoms with E-state index < -0.39 is 0 Å². The van der Waals surface area contributed by atoms with E-state index in [0.717, 1.165) is 15.6 Å². The van der Waals surface area contributed by atoms with Crippen LogP contribution in [-0.4, -0.2) is 18.0 Å². The van der Waals surface area contributed by atoms with E-state index in [1.165, 1.54) is 11.3 Å². The maximum atomic E-state index is 11.6. The molecule has 0 saturated heterocycles. The van der Waals surface area contributed by atoms with Gasteiger partial charge in [0.2, 0.25) is 5.91 Å². The summed E-state index contributed by atoms with van der Waals surface area (Å²) in [6, 6.07) is 3.80. The molecule has 0 aliphatic carbocycles. The first kappa shape index (κ1) is 13.5. The third-order valence-corrected chi connectivity index (χ3v) is 3.51. The Morgan fingerprint density at radius 2 is 2.25 bits per heavy atom. The van der Waals surface area contributed by atoms with E-state index in [4.69, 9.17) is 17.3 Å². The van der Waals surface area contributed by atoms with E-state index in [-0.39, 0.29) is 11.4 Å². The van der Waals surface area contributed by atoms with Gasteiger partial charge in [-0.05, 0) is 32.4 Å². The van der Waals surface area contributed by atoms with Crippen molar-refractivity contribution in [1.29, 1.82) is 0 Å². The topological polar surface area (TPSA) is 55.1 Å². The van der Waals surface area contributed by atoms with Crippen LogP contribution in [0.5, 0.6) is 0 Å². The van der Waals surface area contributed by atoms with Crippen LogP contribution >= 0.6 is 22.9 Å². The SMILES string of the molecule is CC(C)(CN)NC(=O)CCc1ccc(Cl)s1. The zero-order chi connectivity index (χ0) is 12.2. The zero-order valence-corrected chi connectivity index (χ0v) is 11.1. The van der Waals surface area contributed by atoms with Crippen LogP contribution < -0.4 is 11.1 Å². The summed E-state index contributed by atoms with van der Waals surface area (Å²) in [6.45, 7) is 4.25. The Morgan fingerprint density at radius 3 is 2.75 bits per heavy atom. The Balaban J connectivity index is 2.36. The minimum absolute atomic E-state index is 0.0278. The van der Waals surface area contributed by atoms with E-state index >= 15 is 0 Å². The largest absolute Gasteiger partial charge is 0.350 e. The second-order valence-corrected chi connectivity index (χ2v) is 6.14. The number of carbonyl (C=O) groups excluding carboxylic acids is 1. The first-order valence-electron chi connectivity index (χ1n) is 5.18. The maximum absolute atomic E-state index is 11.6. The fourth-order valence-corrected chi connectivity index (χ4v) is 2.30. The number of aryl methyl sites for hydroxylation is 1. The number of hydrogen-bond donors (Lipinski definition) is 2. The normalized spacial score (nSPS) is 11.5. The van der Waals surface area contributed by atoms with Crippen LogP contribution in [-0.2, 0) is 11.2 Å². The molecule has 1 amide bonds. The molecule has 1 aromatic rings. The van der Waals surface area contributed by atoms with Crippen LogP contribution in [0.15, 0.2) is 12.1 Å². The average Bonchev–Trinajstić information content (AvgIpc) is 2.61. The highest BCUT2D eigenvalue weighted by Crippen LogP contribution is 2.22. The molecule has 0 radical (unpaired) electrons. The Morgan fingerprint density at radius 1 is 1.56 bits per heavy atom. The predicted octanol–water partition coefficient (Wildman–Crippen LogP) is 2.19. The van der Waals surface area contributed by atoms with Crippen LogP contribution in [0.25, 0.3) is 0 Å². The first-order valence-corrected chi connectivity index (χ1v) is 6.38. The third-order valence-electron chi connectivity index (χ3n) is 2.22.